The first-order valence-electron chi connectivity index (χ1n) is 10.1. The Morgan fingerprint density at radius 3 is 1.14 bits per heavy atom. The van der Waals surface area contributed by atoms with Crippen molar-refractivity contribution in [2.24, 2.45) is 47.0 Å². The molecule has 3 aliphatic carbocycles. The molecule has 2 nitrogen and oxygen atoms in total. The van der Waals surface area contributed by atoms with E-state index < -0.39 is 0 Å². The highest BCUT2D eigenvalue weighted by Gasteiger charge is 2.42. The van der Waals surface area contributed by atoms with Gasteiger partial charge in [-0.05, 0) is 74.0 Å². The van der Waals surface area contributed by atoms with E-state index in [9.17, 15) is 0 Å². The summed E-state index contributed by atoms with van der Waals surface area (Å²) in [6.45, 7) is 4.81. The lowest BCUT2D eigenvalue weighted by molar-refractivity contribution is 0.0723. The maximum Gasteiger partial charge on any atom is 0.0226 e. The molecule has 0 aromatic carbocycles. The molecular weight excluding hydrogens is 268 g/mol. The first-order chi connectivity index (χ1) is 10.6. The minimum atomic E-state index is 0.261. The first kappa shape index (κ1) is 16.8. The Morgan fingerprint density at radius 2 is 0.818 bits per heavy atom. The zero-order valence-electron chi connectivity index (χ0n) is 14.8. The smallest absolute Gasteiger partial charge is 0.0226 e. The molecule has 4 atom stereocenters. The average molecular weight is 307 g/mol. The highest BCUT2D eigenvalue weighted by Crippen LogP contribution is 2.45. The number of hydrogen-bond donors (Lipinski definition) is 2. The predicted octanol–water partition coefficient (Wildman–Crippen LogP) is 4.32. The van der Waals surface area contributed by atoms with Crippen molar-refractivity contribution in [3.05, 3.63) is 0 Å². The van der Waals surface area contributed by atoms with Gasteiger partial charge in [-0.25, -0.2) is 0 Å². The Morgan fingerprint density at radius 1 is 0.500 bits per heavy atom. The van der Waals surface area contributed by atoms with Gasteiger partial charge in [0.25, 0.3) is 0 Å². The van der Waals surface area contributed by atoms with Gasteiger partial charge in [0.15, 0.2) is 0 Å². The van der Waals surface area contributed by atoms with E-state index in [2.05, 4.69) is 13.8 Å². The molecule has 0 aromatic heterocycles. The fourth-order valence-electron chi connectivity index (χ4n) is 5.87. The second-order valence-corrected chi connectivity index (χ2v) is 9.10. The van der Waals surface area contributed by atoms with Crippen LogP contribution in [0.15, 0.2) is 0 Å². The van der Waals surface area contributed by atoms with Gasteiger partial charge in [0.05, 0.1) is 0 Å². The fraction of sp³-hybridized carbons (Fsp3) is 1.00. The van der Waals surface area contributed by atoms with E-state index in [1.54, 1.807) is 0 Å². The van der Waals surface area contributed by atoms with Crippen molar-refractivity contribution in [2.45, 2.75) is 90.1 Å². The Balaban J connectivity index is 1.57. The highest BCUT2D eigenvalue weighted by molar-refractivity contribution is 4.98. The molecule has 0 aliphatic heterocycles. The standard InChI is InChI=1S/C20H38N2/c1-13-3-7-15(8-4-13)17-11-12-18(20(22)19(17)21)16-9-5-14(2)6-10-16/h13-20H,3-12,21-22H2,1-2H3. The minimum absolute atomic E-state index is 0.261. The van der Waals surface area contributed by atoms with Gasteiger partial charge in [-0.1, -0.05) is 39.5 Å². The molecular formula is C20H38N2. The molecule has 3 saturated carbocycles. The van der Waals surface area contributed by atoms with Crippen LogP contribution in [-0.4, -0.2) is 12.1 Å². The molecule has 2 heteroatoms. The molecule has 22 heavy (non-hydrogen) atoms. The van der Waals surface area contributed by atoms with Crippen LogP contribution in [0.2, 0.25) is 0 Å². The third-order valence-electron chi connectivity index (χ3n) is 7.60. The summed E-state index contributed by atoms with van der Waals surface area (Å²) in [7, 11) is 0. The van der Waals surface area contributed by atoms with Gasteiger partial charge in [-0.15, -0.1) is 0 Å². The molecule has 3 aliphatic rings. The maximum atomic E-state index is 6.69. The molecule has 4 unspecified atom stereocenters. The number of hydrogen-bond acceptors (Lipinski definition) is 2. The van der Waals surface area contributed by atoms with Crippen molar-refractivity contribution in [3.8, 4) is 0 Å². The summed E-state index contributed by atoms with van der Waals surface area (Å²) in [5.41, 5.74) is 13.4. The van der Waals surface area contributed by atoms with Crippen LogP contribution in [0.4, 0.5) is 0 Å². The zero-order valence-corrected chi connectivity index (χ0v) is 14.8. The number of rotatable bonds is 2. The van der Waals surface area contributed by atoms with Crippen LogP contribution in [0, 0.1) is 35.5 Å². The van der Waals surface area contributed by atoms with Gasteiger partial charge in [-0.3, -0.25) is 0 Å². The van der Waals surface area contributed by atoms with Crippen molar-refractivity contribution in [1.82, 2.24) is 0 Å². The normalized spacial score (nSPS) is 50.7. The third kappa shape index (κ3) is 3.53. The maximum absolute atomic E-state index is 6.69. The largest absolute Gasteiger partial charge is 0.326 e. The van der Waals surface area contributed by atoms with Gasteiger partial charge in [-0.2, -0.15) is 0 Å². The molecule has 3 fully saturated rings. The first-order valence-corrected chi connectivity index (χ1v) is 10.1. The highest BCUT2D eigenvalue weighted by atomic mass is 14.8. The summed E-state index contributed by atoms with van der Waals surface area (Å²) in [6.07, 6.45) is 13.9. The van der Waals surface area contributed by atoms with Gasteiger partial charge in [0.1, 0.15) is 0 Å². The molecule has 0 heterocycles. The summed E-state index contributed by atoms with van der Waals surface area (Å²) >= 11 is 0. The SMILES string of the molecule is CC1CCC(C2CCC(C3CCC(C)CC3)C(N)C2N)CC1. The fourth-order valence-corrected chi connectivity index (χ4v) is 5.87. The van der Waals surface area contributed by atoms with E-state index in [1.807, 2.05) is 0 Å². The predicted molar refractivity (Wildman–Crippen MR) is 94.4 cm³/mol. The van der Waals surface area contributed by atoms with Crippen molar-refractivity contribution >= 4 is 0 Å². The van der Waals surface area contributed by atoms with Crippen LogP contribution < -0.4 is 11.5 Å². The topological polar surface area (TPSA) is 52.0 Å². The molecule has 128 valence electrons. The van der Waals surface area contributed by atoms with Crippen LogP contribution in [0.5, 0.6) is 0 Å². The third-order valence-corrected chi connectivity index (χ3v) is 7.60. The van der Waals surface area contributed by atoms with Gasteiger partial charge in [0, 0.05) is 12.1 Å². The Labute approximate surface area is 137 Å². The van der Waals surface area contributed by atoms with Crippen molar-refractivity contribution in [1.29, 1.82) is 0 Å². The average Bonchev–Trinajstić information content (AvgIpc) is 2.52. The summed E-state index contributed by atoms with van der Waals surface area (Å²) in [6, 6.07) is 0.521. The van der Waals surface area contributed by atoms with E-state index in [0.717, 1.165) is 23.7 Å². The number of nitrogens with two attached hydrogens (primary N) is 2. The quantitative estimate of drug-likeness (QED) is 0.798. The Bertz CT molecular complexity index is 306. The lowest BCUT2D eigenvalue weighted by atomic mass is 9.61. The van der Waals surface area contributed by atoms with E-state index >= 15 is 0 Å². The van der Waals surface area contributed by atoms with E-state index in [-0.39, 0.29) is 12.1 Å². The van der Waals surface area contributed by atoms with Crippen LogP contribution in [-0.2, 0) is 0 Å². The molecule has 0 amide bonds. The Kier molecular flexibility index (Phi) is 5.50. The molecule has 3 rings (SSSR count). The summed E-state index contributed by atoms with van der Waals surface area (Å²) in [4.78, 5) is 0. The van der Waals surface area contributed by atoms with Crippen molar-refractivity contribution < 1.29 is 0 Å². The monoisotopic (exact) mass is 306 g/mol. The van der Waals surface area contributed by atoms with Crippen molar-refractivity contribution in [2.75, 3.05) is 0 Å². The molecule has 0 saturated heterocycles. The second-order valence-electron chi connectivity index (χ2n) is 9.10. The van der Waals surface area contributed by atoms with Gasteiger partial charge < -0.3 is 11.5 Å². The molecule has 4 N–H and O–H groups in total. The summed E-state index contributed by atoms with van der Waals surface area (Å²) in [5, 5.41) is 0. The van der Waals surface area contributed by atoms with E-state index in [0.29, 0.717) is 11.8 Å². The summed E-state index contributed by atoms with van der Waals surface area (Å²) < 4.78 is 0. The molecule has 0 aromatic rings. The van der Waals surface area contributed by atoms with Crippen LogP contribution in [0.25, 0.3) is 0 Å². The van der Waals surface area contributed by atoms with Crippen LogP contribution in [0.3, 0.4) is 0 Å². The Hall–Kier alpha value is -0.0800. The lowest BCUT2D eigenvalue weighted by Gasteiger charge is -2.47. The van der Waals surface area contributed by atoms with Crippen LogP contribution >= 0.6 is 0 Å². The molecule has 0 bridgehead atoms. The zero-order chi connectivity index (χ0) is 15.7. The van der Waals surface area contributed by atoms with E-state index in [4.69, 9.17) is 11.5 Å². The van der Waals surface area contributed by atoms with E-state index in [1.165, 1.54) is 64.2 Å². The van der Waals surface area contributed by atoms with Crippen LogP contribution in [0.1, 0.15) is 78.1 Å². The summed E-state index contributed by atoms with van der Waals surface area (Å²) in [5.74, 6) is 5.01. The molecule has 0 radical (unpaired) electrons. The minimum Gasteiger partial charge on any atom is -0.326 e. The second kappa shape index (κ2) is 7.21. The molecule has 0 spiro atoms. The van der Waals surface area contributed by atoms with Gasteiger partial charge >= 0.3 is 0 Å². The van der Waals surface area contributed by atoms with Crippen molar-refractivity contribution in [3.63, 3.8) is 0 Å². The lowest BCUT2D eigenvalue weighted by Crippen LogP contribution is -2.57. The van der Waals surface area contributed by atoms with Gasteiger partial charge in [0.2, 0.25) is 0 Å².